The molecule has 0 saturated carbocycles. The molecule has 0 atom stereocenters. The third-order valence-corrected chi connectivity index (χ3v) is 11.3. The zero-order valence-electron chi connectivity index (χ0n) is 32.8. The lowest BCUT2D eigenvalue weighted by Gasteiger charge is -2.26. The van der Waals surface area contributed by atoms with Gasteiger partial charge in [-0.15, -0.1) is 0 Å². The number of hydrogen-bond donors (Lipinski definition) is 0. The minimum Gasteiger partial charge on any atom is -0.456 e. The van der Waals surface area contributed by atoms with Gasteiger partial charge in [0, 0.05) is 33.6 Å². The molecule has 0 aliphatic rings. The maximum absolute atomic E-state index is 6.30. The molecule has 0 saturated heterocycles. The van der Waals surface area contributed by atoms with Gasteiger partial charge in [0.1, 0.15) is 11.3 Å². The third kappa shape index (κ3) is 7.25. The molecule has 2 heteroatoms. The van der Waals surface area contributed by atoms with Crippen LogP contribution in [0.1, 0.15) is 5.56 Å². The first-order chi connectivity index (χ1) is 29.1. The Kier molecular flexibility index (Phi) is 9.50. The van der Waals surface area contributed by atoms with Crippen LogP contribution in [-0.4, -0.2) is 0 Å². The number of aryl methyl sites for hydroxylation is 1. The number of anilines is 3. The van der Waals surface area contributed by atoms with Gasteiger partial charge < -0.3 is 9.32 Å². The molecule has 0 fully saturated rings. The van der Waals surface area contributed by atoms with Gasteiger partial charge in [-0.25, -0.2) is 0 Å². The summed E-state index contributed by atoms with van der Waals surface area (Å²) in [5, 5.41) is 1.16. The van der Waals surface area contributed by atoms with Gasteiger partial charge in [-0.05, 0) is 111 Å². The van der Waals surface area contributed by atoms with E-state index in [0.717, 1.165) is 44.9 Å². The van der Waals surface area contributed by atoms with Gasteiger partial charge in [0.15, 0.2) is 0 Å². The molecule has 0 spiro atoms. The summed E-state index contributed by atoms with van der Waals surface area (Å²) in [4.78, 5) is 2.35. The van der Waals surface area contributed by atoms with E-state index >= 15 is 0 Å². The predicted octanol–water partition coefficient (Wildman–Crippen LogP) is 16.2. The lowest BCUT2D eigenvalue weighted by Crippen LogP contribution is -2.10. The van der Waals surface area contributed by atoms with Crippen LogP contribution >= 0.6 is 0 Å². The SMILES string of the molecule is Cc1c(-c2cccc(-c3ccc(-c4ccc(N(c5ccc(-c6ccc(-c7ccccc7)cc6)cc5)c5cccc(-c6ccccc6)c5)cc4)cc3)c2)oc2ccccc12. The first kappa shape index (κ1) is 35.7. The molecule has 10 aromatic rings. The molecule has 1 aromatic heterocycles. The van der Waals surface area contributed by atoms with Crippen LogP contribution < -0.4 is 4.90 Å². The largest absolute Gasteiger partial charge is 0.456 e. The lowest BCUT2D eigenvalue weighted by molar-refractivity contribution is 0.629. The second kappa shape index (κ2) is 15.7. The summed E-state index contributed by atoms with van der Waals surface area (Å²) >= 11 is 0. The van der Waals surface area contributed by atoms with E-state index < -0.39 is 0 Å². The number of fused-ring (bicyclic) bond motifs is 1. The molecule has 10 rings (SSSR count). The van der Waals surface area contributed by atoms with Crippen LogP contribution in [0.15, 0.2) is 235 Å². The zero-order valence-corrected chi connectivity index (χ0v) is 32.8. The summed E-state index contributed by atoms with van der Waals surface area (Å²) in [5.41, 5.74) is 18.3. The van der Waals surface area contributed by atoms with Crippen molar-refractivity contribution in [3.05, 3.63) is 236 Å². The average Bonchev–Trinajstić information content (AvgIpc) is 3.66. The summed E-state index contributed by atoms with van der Waals surface area (Å²) in [5.74, 6) is 0.926. The zero-order chi connectivity index (χ0) is 39.5. The summed E-state index contributed by atoms with van der Waals surface area (Å²) in [6.07, 6.45) is 0. The highest BCUT2D eigenvalue weighted by molar-refractivity contribution is 5.89. The normalized spacial score (nSPS) is 11.1. The Balaban J connectivity index is 0.941. The third-order valence-electron chi connectivity index (χ3n) is 11.3. The molecule has 280 valence electrons. The van der Waals surface area contributed by atoms with Gasteiger partial charge >= 0.3 is 0 Å². The van der Waals surface area contributed by atoms with Gasteiger partial charge in [-0.1, -0.05) is 182 Å². The van der Waals surface area contributed by atoms with Crippen LogP contribution in [0.2, 0.25) is 0 Å². The van der Waals surface area contributed by atoms with Gasteiger partial charge in [0.05, 0.1) is 0 Å². The number of hydrogen-bond acceptors (Lipinski definition) is 2. The van der Waals surface area contributed by atoms with E-state index in [4.69, 9.17) is 4.42 Å². The van der Waals surface area contributed by atoms with Crippen LogP contribution in [0.3, 0.4) is 0 Å². The predicted molar refractivity (Wildman–Crippen MR) is 248 cm³/mol. The van der Waals surface area contributed by atoms with Crippen molar-refractivity contribution in [2.24, 2.45) is 0 Å². The smallest absolute Gasteiger partial charge is 0.138 e. The fourth-order valence-electron chi connectivity index (χ4n) is 8.14. The second-order valence-corrected chi connectivity index (χ2v) is 15.0. The van der Waals surface area contributed by atoms with Gasteiger partial charge in [0.2, 0.25) is 0 Å². The van der Waals surface area contributed by atoms with Crippen molar-refractivity contribution in [3.63, 3.8) is 0 Å². The van der Waals surface area contributed by atoms with Crippen molar-refractivity contribution < 1.29 is 4.42 Å². The molecule has 0 unspecified atom stereocenters. The van der Waals surface area contributed by atoms with Crippen molar-refractivity contribution >= 4 is 28.0 Å². The van der Waals surface area contributed by atoms with Crippen molar-refractivity contribution in [1.29, 1.82) is 0 Å². The first-order valence-corrected chi connectivity index (χ1v) is 20.2. The molecule has 0 aliphatic heterocycles. The number of nitrogens with zero attached hydrogens (tertiary/aromatic N) is 1. The summed E-state index contributed by atoms with van der Waals surface area (Å²) < 4.78 is 6.30. The van der Waals surface area contributed by atoms with E-state index in [1.165, 1.54) is 55.6 Å². The van der Waals surface area contributed by atoms with Crippen LogP contribution in [0, 0.1) is 6.92 Å². The van der Waals surface area contributed by atoms with Crippen LogP contribution in [0.4, 0.5) is 17.1 Å². The van der Waals surface area contributed by atoms with Crippen molar-refractivity contribution in [2.75, 3.05) is 4.90 Å². The Morgan fingerprint density at radius 2 is 0.661 bits per heavy atom. The summed E-state index contributed by atoms with van der Waals surface area (Å²) in [7, 11) is 0. The minimum atomic E-state index is 0.920. The highest BCUT2D eigenvalue weighted by atomic mass is 16.3. The summed E-state index contributed by atoms with van der Waals surface area (Å²) in [6.45, 7) is 2.14. The van der Waals surface area contributed by atoms with E-state index in [2.05, 4.69) is 230 Å². The molecule has 0 bridgehead atoms. The van der Waals surface area contributed by atoms with Gasteiger partial charge in [-0.2, -0.15) is 0 Å². The maximum atomic E-state index is 6.30. The molecular formula is C57H41NO. The highest BCUT2D eigenvalue weighted by Gasteiger charge is 2.16. The van der Waals surface area contributed by atoms with E-state index in [1.54, 1.807) is 0 Å². The Hall–Kier alpha value is -7.68. The number of furan rings is 1. The van der Waals surface area contributed by atoms with E-state index in [9.17, 15) is 0 Å². The molecule has 0 radical (unpaired) electrons. The fraction of sp³-hybridized carbons (Fsp3) is 0.0175. The number of rotatable bonds is 9. The Morgan fingerprint density at radius 3 is 1.19 bits per heavy atom. The monoisotopic (exact) mass is 755 g/mol. The summed E-state index contributed by atoms with van der Waals surface area (Å²) in [6, 6.07) is 82.3. The topological polar surface area (TPSA) is 16.4 Å². The molecule has 0 N–H and O–H groups in total. The average molecular weight is 756 g/mol. The van der Waals surface area contributed by atoms with Gasteiger partial charge in [-0.3, -0.25) is 0 Å². The second-order valence-electron chi connectivity index (χ2n) is 15.0. The molecule has 0 amide bonds. The standard InChI is InChI=1S/C57H41NO/c1-40-55-20-8-9-21-56(55)59-57(40)51-18-10-16-49(38-51)48-28-26-45(27-29-48)47-32-36-53(37-33-47)58(54-19-11-17-50(39-54)42-14-6-3-7-15-42)52-34-30-46(31-35-52)44-24-22-43(23-25-44)41-12-4-2-5-13-41/h2-39H,1H3. The van der Waals surface area contributed by atoms with Crippen LogP contribution in [-0.2, 0) is 0 Å². The van der Waals surface area contributed by atoms with Crippen LogP contribution in [0.25, 0.3) is 77.9 Å². The molecule has 9 aromatic carbocycles. The van der Waals surface area contributed by atoms with E-state index in [1.807, 2.05) is 12.1 Å². The first-order valence-electron chi connectivity index (χ1n) is 20.2. The van der Waals surface area contributed by atoms with Crippen molar-refractivity contribution in [2.45, 2.75) is 6.92 Å². The van der Waals surface area contributed by atoms with Crippen molar-refractivity contribution in [3.8, 4) is 67.0 Å². The Morgan fingerprint density at radius 1 is 0.288 bits per heavy atom. The maximum Gasteiger partial charge on any atom is 0.138 e. The number of benzene rings is 9. The van der Waals surface area contributed by atoms with Crippen molar-refractivity contribution in [1.82, 2.24) is 0 Å². The minimum absolute atomic E-state index is 0.920. The Labute approximate surface area is 345 Å². The van der Waals surface area contributed by atoms with Gasteiger partial charge in [0.25, 0.3) is 0 Å². The fourth-order valence-corrected chi connectivity index (χ4v) is 8.14. The molecule has 1 heterocycles. The van der Waals surface area contributed by atoms with E-state index in [0.29, 0.717) is 0 Å². The lowest BCUT2D eigenvalue weighted by atomic mass is 9.97. The molecule has 59 heavy (non-hydrogen) atoms. The molecular weight excluding hydrogens is 715 g/mol. The Bertz CT molecular complexity index is 3000. The molecule has 2 nitrogen and oxygen atoms in total. The number of para-hydroxylation sites is 1. The van der Waals surface area contributed by atoms with Crippen LogP contribution in [0.5, 0.6) is 0 Å². The van der Waals surface area contributed by atoms with E-state index in [-0.39, 0.29) is 0 Å². The quantitative estimate of drug-likeness (QED) is 0.146. The highest BCUT2D eigenvalue weighted by Crippen LogP contribution is 2.39. The molecule has 0 aliphatic carbocycles.